The van der Waals surface area contributed by atoms with Crippen LogP contribution in [-0.2, 0) is 9.59 Å². The maximum Gasteiger partial charge on any atom is 0.307 e. The van der Waals surface area contributed by atoms with E-state index in [9.17, 15) is 9.59 Å². The second kappa shape index (κ2) is 3.42. The van der Waals surface area contributed by atoms with Crippen molar-refractivity contribution in [3.63, 3.8) is 0 Å². The van der Waals surface area contributed by atoms with Crippen LogP contribution < -0.4 is 5.32 Å². The van der Waals surface area contributed by atoms with Gasteiger partial charge >= 0.3 is 5.97 Å². The maximum atomic E-state index is 11.4. The maximum absolute atomic E-state index is 11.4. The highest BCUT2D eigenvalue weighted by atomic mass is 32.1. The zero-order chi connectivity index (χ0) is 10.1. The number of hydrogen-bond donors (Lipinski definition) is 2. The SMILES string of the molecule is O=C(O)[C@H]1C[C@H]1C(=O)Nc1ccsc1. The summed E-state index contributed by atoms with van der Waals surface area (Å²) in [4.78, 5) is 21.9. The van der Waals surface area contributed by atoms with Crippen molar-refractivity contribution in [1.82, 2.24) is 0 Å². The molecule has 1 aliphatic rings. The molecule has 2 rings (SSSR count). The smallest absolute Gasteiger partial charge is 0.307 e. The van der Waals surface area contributed by atoms with Crippen molar-refractivity contribution in [1.29, 1.82) is 0 Å². The van der Waals surface area contributed by atoms with E-state index in [4.69, 9.17) is 5.11 Å². The lowest BCUT2D eigenvalue weighted by Gasteiger charge is -1.99. The van der Waals surface area contributed by atoms with Crippen molar-refractivity contribution >= 4 is 28.9 Å². The largest absolute Gasteiger partial charge is 0.481 e. The third kappa shape index (κ3) is 1.77. The topological polar surface area (TPSA) is 66.4 Å². The number of carbonyl (C=O) groups is 2. The van der Waals surface area contributed by atoms with Gasteiger partial charge in [0.15, 0.2) is 0 Å². The van der Waals surface area contributed by atoms with Crippen LogP contribution in [0, 0.1) is 11.8 Å². The second-order valence-corrected chi connectivity index (χ2v) is 4.07. The molecule has 5 heteroatoms. The molecule has 0 bridgehead atoms. The number of hydrogen-bond acceptors (Lipinski definition) is 3. The first-order valence-electron chi connectivity index (χ1n) is 4.24. The molecule has 14 heavy (non-hydrogen) atoms. The van der Waals surface area contributed by atoms with Crippen LogP contribution in [0.1, 0.15) is 6.42 Å². The number of amides is 1. The highest BCUT2D eigenvalue weighted by molar-refractivity contribution is 7.08. The van der Waals surface area contributed by atoms with Gasteiger partial charge in [-0.15, -0.1) is 0 Å². The van der Waals surface area contributed by atoms with Crippen molar-refractivity contribution in [3.8, 4) is 0 Å². The average Bonchev–Trinajstić information content (AvgIpc) is 2.80. The van der Waals surface area contributed by atoms with Crippen LogP contribution >= 0.6 is 11.3 Å². The molecule has 1 heterocycles. The van der Waals surface area contributed by atoms with Crippen molar-refractivity contribution in [2.75, 3.05) is 5.32 Å². The standard InChI is InChI=1S/C9H9NO3S/c11-8(6-3-7(6)9(12)13)10-5-1-2-14-4-5/h1-2,4,6-7H,3H2,(H,10,11)(H,12,13)/t6-,7+/m1/s1. The Balaban J connectivity index is 1.90. The molecule has 4 nitrogen and oxygen atoms in total. The van der Waals surface area contributed by atoms with Crippen LogP contribution in [0.25, 0.3) is 0 Å². The molecular formula is C9H9NO3S. The molecule has 1 amide bonds. The van der Waals surface area contributed by atoms with E-state index in [1.807, 2.05) is 10.8 Å². The molecule has 1 aromatic heterocycles. The summed E-state index contributed by atoms with van der Waals surface area (Å²) in [5, 5.41) is 15.0. The fraction of sp³-hybridized carbons (Fsp3) is 0.333. The summed E-state index contributed by atoms with van der Waals surface area (Å²) in [5.41, 5.74) is 0.746. The quantitative estimate of drug-likeness (QED) is 0.794. The van der Waals surface area contributed by atoms with E-state index >= 15 is 0 Å². The van der Waals surface area contributed by atoms with Gasteiger partial charge in [0.2, 0.25) is 5.91 Å². The first-order chi connectivity index (χ1) is 6.68. The number of carboxylic acid groups (broad SMARTS) is 1. The van der Waals surface area contributed by atoms with Gasteiger partial charge in [0.05, 0.1) is 17.5 Å². The monoisotopic (exact) mass is 211 g/mol. The Hall–Kier alpha value is -1.36. The van der Waals surface area contributed by atoms with Crippen LogP contribution in [0.5, 0.6) is 0 Å². The van der Waals surface area contributed by atoms with Crippen molar-refractivity contribution in [2.45, 2.75) is 6.42 Å². The van der Waals surface area contributed by atoms with Crippen LogP contribution in [0.2, 0.25) is 0 Å². The third-order valence-corrected chi connectivity index (χ3v) is 2.92. The van der Waals surface area contributed by atoms with Gasteiger partial charge in [-0.25, -0.2) is 0 Å². The van der Waals surface area contributed by atoms with Crippen molar-refractivity contribution < 1.29 is 14.7 Å². The first-order valence-corrected chi connectivity index (χ1v) is 5.18. The summed E-state index contributed by atoms with van der Waals surface area (Å²) < 4.78 is 0. The van der Waals surface area contributed by atoms with E-state index in [1.165, 1.54) is 11.3 Å². The van der Waals surface area contributed by atoms with Crippen LogP contribution in [0.15, 0.2) is 16.8 Å². The van der Waals surface area contributed by atoms with E-state index in [0.717, 1.165) is 5.69 Å². The minimum Gasteiger partial charge on any atom is -0.481 e. The Labute approximate surface area is 84.6 Å². The molecule has 0 aromatic carbocycles. The van der Waals surface area contributed by atoms with E-state index in [2.05, 4.69) is 5.32 Å². The van der Waals surface area contributed by atoms with E-state index in [0.29, 0.717) is 6.42 Å². The summed E-state index contributed by atoms with van der Waals surface area (Å²) >= 11 is 1.49. The van der Waals surface area contributed by atoms with E-state index in [-0.39, 0.29) is 11.8 Å². The molecule has 0 spiro atoms. The van der Waals surface area contributed by atoms with Gasteiger partial charge in [0, 0.05) is 5.38 Å². The number of carboxylic acids is 1. The average molecular weight is 211 g/mol. The molecule has 1 fully saturated rings. The lowest BCUT2D eigenvalue weighted by atomic mass is 10.3. The number of nitrogens with one attached hydrogen (secondary N) is 1. The summed E-state index contributed by atoms with van der Waals surface area (Å²) in [6.07, 6.45) is 0.464. The Bertz CT molecular complexity index is 360. The molecule has 74 valence electrons. The summed E-state index contributed by atoms with van der Waals surface area (Å²) in [6, 6.07) is 1.79. The highest BCUT2D eigenvalue weighted by Gasteiger charge is 2.48. The molecular weight excluding hydrogens is 202 g/mol. The van der Waals surface area contributed by atoms with Gasteiger partial charge < -0.3 is 10.4 Å². The molecule has 0 unspecified atom stereocenters. The van der Waals surface area contributed by atoms with E-state index < -0.39 is 11.9 Å². The van der Waals surface area contributed by atoms with E-state index in [1.54, 1.807) is 6.07 Å². The third-order valence-electron chi connectivity index (χ3n) is 2.23. The normalized spacial score (nSPS) is 24.3. The fourth-order valence-corrected chi connectivity index (χ4v) is 1.92. The number of anilines is 1. The number of aliphatic carboxylic acids is 1. The minimum atomic E-state index is -0.879. The predicted molar refractivity (Wildman–Crippen MR) is 52.2 cm³/mol. The molecule has 2 N–H and O–H groups in total. The minimum absolute atomic E-state index is 0.184. The molecule has 2 atom stereocenters. The molecule has 1 aromatic rings. The Kier molecular flexibility index (Phi) is 2.25. The fourth-order valence-electron chi connectivity index (χ4n) is 1.33. The number of rotatable bonds is 3. The summed E-state index contributed by atoms with van der Waals surface area (Å²) in [7, 11) is 0. The van der Waals surface area contributed by atoms with Gasteiger partial charge in [-0.1, -0.05) is 0 Å². The summed E-state index contributed by atoms with van der Waals surface area (Å²) in [6.45, 7) is 0. The highest BCUT2D eigenvalue weighted by Crippen LogP contribution is 2.39. The lowest BCUT2D eigenvalue weighted by Crippen LogP contribution is -2.16. The second-order valence-electron chi connectivity index (χ2n) is 3.29. The predicted octanol–water partition coefficient (Wildman–Crippen LogP) is 1.41. The number of thiophene rings is 1. The van der Waals surface area contributed by atoms with Gasteiger partial charge in [-0.3, -0.25) is 9.59 Å². The first kappa shape index (κ1) is 9.21. The molecule has 0 aliphatic heterocycles. The lowest BCUT2D eigenvalue weighted by molar-refractivity contribution is -0.139. The molecule has 0 radical (unpaired) electrons. The Morgan fingerprint density at radius 2 is 2.29 bits per heavy atom. The van der Waals surface area contributed by atoms with Gasteiger partial charge in [-0.05, 0) is 17.9 Å². The molecule has 0 saturated heterocycles. The Morgan fingerprint density at radius 1 is 1.50 bits per heavy atom. The van der Waals surface area contributed by atoms with Gasteiger partial charge in [0.1, 0.15) is 0 Å². The summed E-state index contributed by atoms with van der Waals surface area (Å²) in [5.74, 6) is -1.88. The van der Waals surface area contributed by atoms with Crippen LogP contribution in [0.3, 0.4) is 0 Å². The zero-order valence-corrected chi connectivity index (χ0v) is 8.08. The molecule has 1 saturated carbocycles. The van der Waals surface area contributed by atoms with Crippen molar-refractivity contribution in [3.05, 3.63) is 16.8 Å². The zero-order valence-electron chi connectivity index (χ0n) is 7.27. The van der Waals surface area contributed by atoms with Gasteiger partial charge in [0.25, 0.3) is 0 Å². The van der Waals surface area contributed by atoms with Gasteiger partial charge in [-0.2, -0.15) is 11.3 Å². The number of carbonyl (C=O) groups excluding carboxylic acids is 1. The van der Waals surface area contributed by atoms with Crippen molar-refractivity contribution in [2.24, 2.45) is 11.8 Å². The van der Waals surface area contributed by atoms with Crippen LogP contribution in [-0.4, -0.2) is 17.0 Å². The Morgan fingerprint density at radius 3 is 2.79 bits per heavy atom. The molecule has 1 aliphatic carbocycles. The van der Waals surface area contributed by atoms with Crippen LogP contribution in [0.4, 0.5) is 5.69 Å².